The molecule has 0 atom stereocenters. The van der Waals surface area contributed by atoms with Crippen molar-refractivity contribution in [3.63, 3.8) is 0 Å². The molecule has 0 saturated carbocycles. The lowest BCUT2D eigenvalue weighted by atomic mass is 10.1. The SMILES string of the molecule is CSc1ccnc(-c2ccc(C#N)cc2)n1. The molecule has 0 unspecified atom stereocenters. The molecule has 0 aliphatic carbocycles. The predicted molar refractivity (Wildman–Crippen MR) is 64.0 cm³/mol. The maximum Gasteiger partial charge on any atom is 0.160 e. The Balaban J connectivity index is 2.39. The highest BCUT2D eigenvalue weighted by Gasteiger charge is 2.02. The number of rotatable bonds is 2. The molecule has 2 rings (SSSR count). The minimum atomic E-state index is 0.643. The van der Waals surface area contributed by atoms with Gasteiger partial charge < -0.3 is 0 Å². The molecular weight excluding hydrogens is 218 g/mol. The third-order valence-corrected chi connectivity index (χ3v) is 2.76. The molecule has 0 radical (unpaired) electrons. The molecule has 0 bridgehead atoms. The normalized spacial score (nSPS) is 9.75. The van der Waals surface area contributed by atoms with Crippen LogP contribution < -0.4 is 0 Å². The second kappa shape index (κ2) is 4.77. The quantitative estimate of drug-likeness (QED) is 0.584. The van der Waals surface area contributed by atoms with Crippen LogP contribution in [0.1, 0.15) is 5.56 Å². The van der Waals surface area contributed by atoms with Crippen molar-refractivity contribution in [2.24, 2.45) is 0 Å². The van der Waals surface area contributed by atoms with E-state index in [0.717, 1.165) is 10.6 Å². The van der Waals surface area contributed by atoms with Crippen molar-refractivity contribution >= 4 is 11.8 Å². The lowest BCUT2D eigenvalue weighted by Gasteiger charge is -2.01. The van der Waals surface area contributed by atoms with Crippen LogP contribution in [-0.4, -0.2) is 16.2 Å². The number of nitrogens with zero attached hydrogens (tertiary/aromatic N) is 3. The van der Waals surface area contributed by atoms with Gasteiger partial charge in [0.15, 0.2) is 5.82 Å². The molecule has 0 aliphatic rings. The third kappa shape index (κ3) is 2.20. The van der Waals surface area contributed by atoms with E-state index in [-0.39, 0.29) is 0 Å². The first-order valence-corrected chi connectivity index (χ1v) is 5.93. The molecule has 0 aliphatic heterocycles. The second-order valence-corrected chi connectivity index (χ2v) is 3.94. The number of thioether (sulfide) groups is 1. The molecule has 1 heterocycles. The van der Waals surface area contributed by atoms with Crippen LogP contribution in [0.3, 0.4) is 0 Å². The third-order valence-electron chi connectivity index (χ3n) is 2.11. The van der Waals surface area contributed by atoms with Crippen molar-refractivity contribution < 1.29 is 0 Å². The summed E-state index contributed by atoms with van der Waals surface area (Å²) in [4.78, 5) is 8.59. The smallest absolute Gasteiger partial charge is 0.160 e. The van der Waals surface area contributed by atoms with Gasteiger partial charge in [-0.25, -0.2) is 9.97 Å². The maximum atomic E-state index is 8.70. The molecule has 3 nitrogen and oxygen atoms in total. The van der Waals surface area contributed by atoms with Crippen LogP contribution in [0.4, 0.5) is 0 Å². The summed E-state index contributed by atoms with van der Waals surface area (Å²) in [5.74, 6) is 0.691. The molecule has 16 heavy (non-hydrogen) atoms. The van der Waals surface area contributed by atoms with Crippen LogP contribution in [0.15, 0.2) is 41.6 Å². The van der Waals surface area contributed by atoms with E-state index < -0.39 is 0 Å². The minimum Gasteiger partial charge on any atom is -0.237 e. The Hall–Kier alpha value is -1.86. The highest BCUT2D eigenvalue weighted by molar-refractivity contribution is 7.98. The lowest BCUT2D eigenvalue weighted by Crippen LogP contribution is -1.89. The van der Waals surface area contributed by atoms with Gasteiger partial charge in [0, 0.05) is 11.8 Å². The van der Waals surface area contributed by atoms with Crippen LogP contribution in [0, 0.1) is 11.3 Å². The summed E-state index contributed by atoms with van der Waals surface area (Å²) in [5.41, 5.74) is 1.57. The van der Waals surface area contributed by atoms with Crippen molar-refractivity contribution in [3.8, 4) is 17.5 Å². The number of nitriles is 1. The van der Waals surface area contributed by atoms with E-state index in [1.807, 2.05) is 24.5 Å². The van der Waals surface area contributed by atoms with E-state index >= 15 is 0 Å². The van der Waals surface area contributed by atoms with Gasteiger partial charge in [-0.1, -0.05) is 0 Å². The van der Waals surface area contributed by atoms with E-state index in [1.165, 1.54) is 0 Å². The molecule has 78 valence electrons. The van der Waals surface area contributed by atoms with Crippen LogP contribution in [0.5, 0.6) is 0 Å². The summed E-state index contributed by atoms with van der Waals surface area (Å²) < 4.78 is 0. The molecule has 2 aromatic rings. The van der Waals surface area contributed by atoms with Gasteiger partial charge in [-0.3, -0.25) is 0 Å². The first kappa shape index (κ1) is 10.7. The Bertz CT molecular complexity index is 529. The predicted octanol–water partition coefficient (Wildman–Crippen LogP) is 2.74. The summed E-state index contributed by atoms with van der Waals surface area (Å²) in [6.07, 6.45) is 3.72. The standard InChI is InChI=1S/C12H9N3S/c1-16-11-6-7-14-12(15-11)10-4-2-9(8-13)3-5-10/h2-7H,1H3. The molecular formula is C12H9N3S. The van der Waals surface area contributed by atoms with Crippen molar-refractivity contribution in [3.05, 3.63) is 42.1 Å². The van der Waals surface area contributed by atoms with Crippen LogP contribution in [0.2, 0.25) is 0 Å². The molecule has 0 fully saturated rings. The molecule has 0 amide bonds. The van der Waals surface area contributed by atoms with Gasteiger partial charge >= 0.3 is 0 Å². The summed E-state index contributed by atoms with van der Waals surface area (Å²) >= 11 is 1.58. The van der Waals surface area contributed by atoms with Crippen LogP contribution >= 0.6 is 11.8 Å². The van der Waals surface area contributed by atoms with E-state index in [9.17, 15) is 0 Å². The van der Waals surface area contributed by atoms with Gasteiger partial charge in [0.1, 0.15) is 0 Å². The second-order valence-electron chi connectivity index (χ2n) is 3.11. The maximum absolute atomic E-state index is 8.70. The Morgan fingerprint density at radius 2 is 1.94 bits per heavy atom. The average molecular weight is 227 g/mol. The van der Waals surface area contributed by atoms with Gasteiger partial charge in [0.2, 0.25) is 0 Å². The first-order valence-electron chi connectivity index (χ1n) is 4.71. The zero-order valence-electron chi connectivity index (χ0n) is 8.71. The van der Waals surface area contributed by atoms with Crippen molar-refractivity contribution in [1.82, 2.24) is 9.97 Å². The molecule has 0 saturated heterocycles. The Labute approximate surface area is 98.2 Å². The van der Waals surface area contributed by atoms with Gasteiger partial charge in [0.05, 0.1) is 16.7 Å². The summed E-state index contributed by atoms with van der Waals surface area (Å²) in [7, 11) is 0. The Kier molecular flexibility index (Phi) is 3.18. The van der Waals surface area contributed by atoms with Gasteiger partial charge in [-0.15, -0.1) is 11.8 Å². The topological polar surface area (TPSA) is 49.6 Å². The molecule has 1 aromatic carbocycles. The highest BCUT2D eigenvalue weighted by Crippen LogP contribution is 2.18. The number of hydrogen-bond acceptors (Lipinski definition) is 4. The van der Waals surface area contributed by atoms with Gasteiger partial charge in [-0.2, -0.15) is 5.26 Å². The van der Waals surface area contributed by atoms with E-state index in [4.69, 9.17) is 5.26 Å². The highest BCUT2D eigenvalue weighted by atomic mass is 32.2. The fourth-order valence-corrected chi connectivity index (χ4v) is 1.66. The molecule has 4 heteroatoms. The summed E-state index contributed by atoms with van der Waals surface area (Å²) in [6.45, 7) is 0. The van der Waals surface area contributed by atoms with Crippen molar-refractivity contribution in [2.75, 3.05) is 6.26 Å². The van der Waals surface area contributed by atoms with E-state index in [2.05, 4.69) is 16.0 Å². The molecule has 0 spiro atoms. The fraction of sp³-hybridized carbons (Fsp3) is 0.0833. The summed E-state index contributed by atoms with van der Waals surface area (Å²) in [6, 6.07) is 11.2. The average Bonchev–Trinajstić information content (AvgIpc) is 2.39. The number of aromatic nitrogens is 2. The fourth-order valence-electron chi connectivity index (χ4n) is 1.29. The lowest BCUT2D eigenvalue weighted by molar-refractivity contribution is 1.06. The van der Waals surface area contributed by atoms with Crippen molar-refractivity contribution in [1.29, 1.82) is 5.26 Å². The summed E-state index contributed by atoms with van der Waals surface area (Å²) in [5, 5.41) is 9.64. The Morgan fingerprint density at radius 3 is 2.56 bits per heavy atom. The molecule has 0 N–H and O–H groups in total. The zero-order chi connectivity index (χ0) is 11.4. The van der Waals surface area contributed by atoms with Gasteiger partial charge in [0.25, 0.3) is 0 Å². The molecule has 1 aromatic heterocycles. The van der Waals surface area contributed by atoms with Gasteiger partial charge in [-0.05, 0) is 36.6 Å². The first-order chi connectivity index (χ1) is 7.83. The largest absolute Gasteiger partial charge is 0.237 e. The van der Waals surface area contributed by atoms with E-state index in [0.29, 0.717) is 11.4 Å². The zero-order valence-corrected chi connectivity index (χ0v) is 9.53. The minimum absolute atomic E-state index is 0.643. The van der Waals surface area contributed by atoms with E-state index in [1.54, 1.807) is 30.1 Å². The monoisotopic (exact) mass is 227 g/mol. The van der Waals surface area contributed by atoms with Crippen molar-refractivity contribution in [2.45, 2.75) is 5.03 Å². The van der Waals surface area contributed by atoms with Crippen LogP contribution in [-0.2, 0) is 0 Å². The Morgan fingerprint density at radius 1 is 1.19 bits per heavy atom. The van der Waals surface area contributed by atoms with Crippen LogP contribution in [0.25, 0.3) is 11.4 Å². The number of benzene rings is 1. The number of hydrogen-bond donors (Lipinski definition) is 0.